The number of nitrogens with zero attached hydrogens (tertiary/aromatic N) is 2. The van der Waals surface area contributed by atoms with Crippen molar-refractivity contribution in [3.05, 3.63) is 11.6 Å². The van der Waals surface area contributed by atoms with Crippen LogP contribution in [-0.4, -0.2) is 15.2 Å². The molecule has 1 aliphatic carbocycles. The summed E-state index contributed by atoms with van der Waals surface area (Å²) < 4.78 is 0. The summed E-state index contributed by atoms with van der Waals surface area (Å²) in [5, 5.41) is 7.55. The van der Waals surface area contributed by atoms with Crippen molar-refractivity contribution in [1.29, 1.82) is 0 Å². The highest BCUT2D eigenvalue weighted by Crippen LogP contribution is 2.32. The molecule has 0 amide bonds. The summed E-state index contributed by atoms with van der Waals surface area (Å²) in [5.74, 6) is 2.73. The Kier molecular flexibility index (Phi) is 3.31. The number of rotatable bonds is 3. The molecule has 1 heterocycles. The summed E-state index contributed by atoms with van der Waals surface area (Å²) in [7, 11) is 0. The van der Waals surface area contributed by atoms with E-state index in [1.165, 1.54) is 32.1 Å². The molecule has 1 aromatic rings. The molecule has 2 rings (SSSR count). The molecule has 90 valence electrons. The predicted molar refractivity (Wildman–Crippen MR) is 65.5 cm³/mol. The molecular weight excluding hydrogens is 198 g/mol. The lowest BCUT2D eigenvalue weighted by molar-refractivity contribution is 0.427. The standard InChI is InChI=1S/C13H23N3/c1-4-13(2,3)12-14-11(15-16-12)10-8-6-5-7-9-10/h10H,4-9H2,1-3H3,(H,14,15,16). The van der Waals surface area contributed by atoms with Crippen LogP contribution in [0.1, 0.15) is 76.9 Å². The third kappa shape index (κ3) is 2.28. The summed E-state index contributed by atoms with van der Waals surface area (Å²) in [6.07, 6.45) is 7.71. The number of hydrogen-bond acceptors (Lipinski definition) is 2. The third-order valence-electron chi connectivity index (χ3n) is 3.98. The fraction of sp³-hybridized carbons (Fsp3) is 0.846. The quantitative estimate of drug-likeness (QED) is 0.848. The van der Waals surface area contributed by atoms with Gasteiger partial charge in [0.2, 0.25) is 0 Å². The van der Waals surface area contributed by atoms with Crippen LogP contribution >= 0.6 is 0 Å². The van der Waals surface area contributed by atoms with Gasteiger partial charge < -0.3 is 0 Å². The van der Waals surface area contributed by atoms with Gasteiger partial charge in [0.05, 0.1) is 0 Å². The van der Waals surface area contributed by atoms with Crippen LogP contribution in [0.5, 0.6) is 0 Å². The van der Waals surface area contributed by atoms with Crippen LogP contribution in [0.15, 0.2) is 0 Å². The van der Waals surface area contributed by atoms with Gasteiger partial charge in [-0.1, -0.05) is 40.0 Å². The number of aromatic amines is 1. The number of H-pyrrole nitrogens is 1. The van der Waals surface area contributed by atoms with Crippen molar-refractivity contribution in [2.45, 2.75) is 70.6 Å². The van der Waals surface area contributed by atoms with E-state index in [2.05, 4.69) is 31.0 Å². The van der Waals surface area contributed by atoms with Crippen LogP contribution in [0.2, 0.25) is 0 Å². The van der Waals surface area contributed by atoms with E-state index in [0.717, 1.165) is 18.1 Å². The number of nitrogens with one attached hydrogen (secondary N) is 1. The van der Waals surface area contributed by atoms with E-state index in [1.54, 1.807) is 0 Å². The van der Waals surface area contributed by atoms with E-state index in [-0.39, 0.29) is 5.41 Å². The van der Waals surface area contributed by atoms with Crippen LogP contribution in [0, 0.1) is 0 Å². The van der Waals surface area contributed by atoms with Crippen LogP contribution in [0.25, 0.3) is 0 Å². The molecule has 1 saturated carbocycles. The fourth-order valence-corrected chi connectivity index (χ4v) is 2.29. The van der Waals surface area contributed by atoms with Crippen molar-refractivity contribution in [2.24, 2.45) is 0 Å². The summed E-state index contributed by atoms with van der Waals surface area (Å²) in [4.78, 5) is 4.71. The molecule has 0 bridgehead atoms. The first kappa shape index (κ1) is 11.6. The first-order valence-corrected chi connectivity index (χ1v) is 6.56. The molecule has 0 spiro atoms. The number of hydrogen-bond donors (Lipinski definition) is 1. The van der Waals surface area contributed by atoms with Crippen LogP contribution < -0.4 is 0 Å². The van der Waals surface area contributed by atoms with Crippen molar-refractivity contribution in [1.82, 2.24) is 15.2 Å². The highest BCUT2D eigenvalue weighted by Gasteiger charge is 2.25. The zero-order valence-electron chi connectivity index (χ0n) is 10.7. The number of aromatic nitrogens is 3. The van der Waals surface area contributed by atoms with Gasteiger partial charge in [-0.25, -0.2) is 4.98 Å². The highest BCUT2D eigenvalue weighted by atomic mass is 15.2. The van der Waals surface area contributed by atoms with Gasteiger partial charge in [0, 0.05) is 11.3 Å². The zero-order valence-corrected chi connectivity index (χ0v) is 10.7. The van der Waals surface area contributed by atoms with E-state index in [9.17, 15) is 0 Å². The first-order valence-electron chi connectivity index (χ1n) is 6.56. The minimum atomic E-state index is 0.101. The second-order valence-electron chi connectivity index (χ2n) is 5.62. The zero-order chi connectivity index (χ0) is 11.6. The van der Waals surface area contributed by atoms with Gasteiger partial charge in [0.15, 0.2) is 5.82 Å². The molecule has 1 aliphatic rings. The molecule has 3 heteroatoms. The van der Waals surface area contributed by atoms with Crippen LogP contribution in [0.4, 0.5) is 0 Å². The Hall–Kier alpha value is -0.860. The first-order chi connectivity index (χ1) is 7.63. The Labute approximate surface area is 98.1 Å². The van der Waals surface area contributed by atoms with E-state index in [1.807, 2.05) is 0 Å². The molecule has 0 atom stereocenters. The highest BCUT2D eigenvalue weighted by molar-refractivity contribution is 5.06. The van der Waals surface area contributed by atoms with Gasteiger partial charge in [0.1, 0.15) is 5.82 Å². The minimum Gasteiger partial charge on any atom is -0.263 e. The van der Waals surface area contributed by atoms with Crippen LogP contribution in [-0.2, 0) is 5.41 Å². The molecule has 0 aliphatic heterocycles. The monoisotopic (exact) mass is 221 g/mol. The Morgan fingerprint density at radius 1 is 1.25 bits per heavy atom. The Bertz CT molecular complexity index is 335. The fourth-order valence-electron chi connectivity index (χ4n) is 2.29. The molecule has 0 unspecified atom stereocenters. The van der Waals surface area contributed by atoms with E-state index >= 15 is 0 Å². The lowest BCUT2D eigenvalue weighted by atomic mass is 9.88. The molecule has 3 nitrogen and oxygen atoms in total. The van der Waals surface area contributed by atoms with Gasteiger partial charge in [-0.05, 0) is 19.3 Å². The Morgan fingerprint density at radius 3 is 2.56 bits per heavy atom. The summed E-state index contributed by atoms with van der Waals surface area (Å²) in [6, 6.07) is 0. The summed E-state index contributed by atoms with van der Waals surface area (Å²) >= 11 is 0. The second-order valence-corrected chi connectivity index (χ2v) is 5.62. The van der Waals surface area contributed by atoms with Crippen molar-refractivity contribution < 1.29 is 0 Å². The molecule has 0 aromatic carbocycles. The molecule has 0 radical (unpaired) electrons. The Morgan fingerprint density at radius 2 is 1.94 bits per heavy atom. The maximum atomic E-state index is 4.71. The van der Waals surface area contributed by atoms with Crippen molar-refractivity contribution in [3.8, 4) is 0 Å². The second kappa shape index (κ2) is 4.56. The largest absolute Gasteiger partial charge is 0.263 e. The smallest absolute Gasteiger partial charge is 0.156 e. The predicted octanol–water partition coefficient (Wildman–Crippen LogP) is 3.54. The van der Waals surface area contributed by atoms with Crippen LogP contribution in [0.3, 0.4) is 0 Å². The SMILES string of the molecule is CCC(C)(C)c1n[nH]c(C2CCCCC2)n1. The molecule has 1 N–H and O–H groups in total. The van der Waals surface area contributed by atoms with Gasteiger partial charge in [-0.3, -0.25) is 5.10 Å². The normalized spacial score (nSPS) is 18.9. The summed E-state index contributed by atoms with van der Waals surface area (Å²) in [5.41, 5.74) is 0.101. The van der Waals surface area contributed by atoms with E-state index in [0.29, 0.717) is 5.92 Å². The average Bonchev–Trinajstić information content (AvgIpc) is 2.80. The Balaban J connectivity index is 2.12. The van der Waals surface area contributed by atoms with Gasteiger partial charge >= 0.3 is 0 Å². The molecular formula is C13H23N3. The molecule has 0 saturated heterocycles. The van der Waals surface area contributed by atoms with Gasteiger partial charge in [0.25, 0.3) is 0 Å². The van der Waals surface area contributed by atoms with Crippen molar-refractivity contribution in [3.63, 3.8) is 0 Å². The third-order valence-corrected chi connectivity index (χ3v) is 3.98. The van der Waals surface area contributed by atoms with Gasteiger partial charge in [-0.15, -0.1) is 0 Å². The lowest BCUT2D eigenvalue weighted by Gasteiger charge is -2.19. The van der Waals surface area contributed by atoms with E-state index < -0.39 is 0 Å². The minimum absolute atomic E-state index is 0.101. The van der Waals surface area contributed by atoms with Crippen molar-refractivity contribution in [2.75, 3.05) is 0 Å². The molecule has 16 heavy (non-hydrogen) atoms. The summed E-state index contributed by atoms with van der Waals surface area (Å²) in [6.45, 7) is 6.61. The molecule has 1 fully saturated rings. The lowest BCUT2D eigenvalue weighted by Crippen LogP contribution is -2.17. The van der Waals surface area contributed by atoms with Crippen molar-refractivity contribution >= 4 is 0 Å². The topological polar surface area (TPSA) is 41.6 Å². The maximum absolute atomic E-state index is 4.71. The van der Waals surface area contributed by atoms with Gasteiger partial charge in [-0.2, -0.15) is 5.10 Å². The average molecular weight is 221 g/mol. The molecule has 1 aromatic heterocycles. The van der Waals surface area contributed by atoms with E-state index in [4.69, 9.17) is 4.98 Å². The maximum Gasteiger partial charge on any atom is 0.156 e.